The van der Waals surface area contributed by atoms with Crippen LogP contribution < -0.4 is 4.90 Å². The minimum Gasteiger partial charge on any atom is -0.465 e. The summed E-state index contributed by atoms with van der Waals surface area (Å²) in [6.45, 7) is 3.39. The number of hydrogen-bond donors (Lipinski definition) is 0. The fourth-order valence-electron chi connectivity index (χ4n) is 1.91. The smallest absolute Gasteiger partial charge is 0.147 e. The Morgan fingerprint density at radius 3 is 2.59 bits per heavy atom. The standard InChI is InChI=1S/C18H17N3O/c1-20-18(13-19)15-10-11-22-17(12-15)9-6-14-4-7-16(8-5-14)21(2)3/h4-12H,1H2,2-3H3/b9-6+,18-15+. The van der Waals surface area contributed by atoms with Gasteiger partial charge in [-0.2, -0.15) is 5.26 Å². The molecule has 4 heteroatoms. The van der Waals surface area contributed by atoms with E-state index in [1.807, 2.05) is 49.3 Å². The molecule has 0 bridgehead atoms. The van der Waals surface area contributed by atoms with Crippen molar-refractivity contribution in [2.45, 2.75) is 0 Å². The highest BCUT2D eigenvalue weighted by atomic mass is 16.5. The Labute approximate surface area is 130 Å². The van der Waals surface area contributed by atoms with Crippen molar-refractivity contribution in [3.05, 3.63) is 71.3 Å². The fraction of sp³-hybridized carbons (Fsp3) is 0.111. The normalized spacial score (nSPS) is 15.8. The Morgan fingerprint density at radius 2 is 2.00 bits per heavy atom. The summed E-state index contributed by atoms with van der Waals surface area (Å²) in [7, 11) is 4.01. The number of anilines is 1. The minimum atomic E-state index is 0.279. The Bertz CT molecular complexity index is 714. The summed E-state index contributed by atoms with van der Waals surface area (Å²) in [5, 5.41) is 8.98. The molecule has 0 amide bonds. The molecule has 0 unspecified atom stereocenters. The van der Waals surface area contributed by atoms with Gasteiger partial charge in [0.05, 0.1) is 6.26 Å². The Balaban J connectivity index is 2.18. The molecule has 0 N–H and O–H groups in total. The van der Waals surface area contributed by atoms with E-state index < -0.39 is 0 Å². The molecule has 1 heterocycles. The molecule has 0 spiro atoms. The third kappa shape index (κ3) is 3.74. The van der Waals surface area contributed by atoms with Gasteiger partial charge in [-0.05, 0) is 42.6 Å². The first-order chi connectivity index (χ1) is 10.6. The monoisotopic (exact) mass is 291 g/mol. The van der Waals surface area contributed by atoms with Gasteiger partial charge in [0.1, 0.15) is 17.5 Å². The zero-order valence-electron chi connectivity index (χ0n) is 12.7. The van der Waals surface area contributed by atoms with Crippen molar-refractivity contribution < 1.29 is 4.74 Å². The maximum atomic E-state index is 8.98. The number of aliphatic imine (C=N–C) groups is 1. The highest BCUT2D eigenvalue weighted by Crippen LogP contribution is 2.19. The van der Waals surface area contributed by atoms with E-state index in [0.717, 1.165) is 11.3 Å². The second-order valence-corrected chi connectivity index (χ2v) is 4.86. The van der Waals surface area contributed by atoms with Crippen LogP contribution in [0.25, 0.3) is 6.08 Å². The molecule has 2 rings (SSSR count). The average Bonchev–Trinajstić information content (AvgIpc) is 2.55. The number of nitriles is 1. The Hall–Kier alpha value is -3.06. The van der Waals surface area contributed by atoms with E-state index >= 15 is 0 Å². The minimum absolute atomic E-state index is 0.279. The summed E-state index contributed by atoms with van der Waals surface area (Å²) in [5.41, 5.74) is 3.18. The number of allylic oxidation sites excluding steroid dienone is 5. The van der Waals surface area contributed by atoms with Crippen LogP contribution >= 0.6 is 0 Å². The zero-order chi connectivity index (χ0) is 15.9. The van der Waals surface area contributed by atoms with E-state index in [4.69, 9.17) is 10.00 Å². The number of nitrogens with zero attached hydrogens (tertiary/aromatic N) is 3. The molecule has 0 atom stereocenters. The summed E-state index contributed by atoms with van der Waals surface area (Å²) >= 11 is 0. The van der Waals surface area contributed by atoms with Gasteiger partial charge in [-0.15, -0.1) is 0 Å². The molecular formula is C18H17N3O. The zero-order valence-corrected chi connectivity index (χ0v) is 12.7. The van der Waals surface area contributed by atoms with Gasteiger partial charge in [0, 0.05) is 25.4 Å². The van der Waals surface area contributed by atoms with Gasteiger partial charge in [0.2, 0.25) is 0 Å². The van der Waals surface area contributed by atoms with Crippen molar-refractivity contribution in [1.29, 1.82) is 5.26 Å². The van der Waals surface area contributed by atoms with Crippen LogP contribution in [0.5, 0.6) is 0 Å². The van der Waals surface area contributed by atoms with Gasteiger partial charge < -0.3 is 9.64 Å². The molecule has 0 saturated heterocycles. The van der Waals surface area contributed by atoms with Crippen LogP contribution in [0.3, 0.4) is 0 Å². The highest BCUT2D eigenvalue weighted by molar-refractivity contribution is 5.58. The maximum absolute atomic E-state index is 8.98. The predicted octanol–water partition coefficient (Wildman–Crippen LogP) is 3.67. The molecule has 1 aromatic rings. The topological polar surface area (TPSA) is 48.6 Å². The Morgan fingerprint density at radius 1 is 1.27 bits per heavy atom. The summed E-state index contributed by atoms with van der Waals surface area (Å²) in [6, 6.07) is 10.2. The van der Waals surface area contributed by atoms with Crippen LogP contribution in [0, 0.1) is 11.3 Å². The summed E-state index contributed by atoms with van der Waals surface area (Å²) < 4.78 is 5.41. The van der Waals surface area contributed by atoms with Gasteiger partial charge in [0.25, 0.3) is 0 Å². The number of rotatable bonds is 4. The molecule has 1 aromatic carbocycles. The first-order valence-electron chi connectivity index (χ1n) is 6.75. The molecule has 0 aliphatic carbocycles. The molecule has 1 aliphatic rings. The summed E-state index contributed by atoms with van der Waals surface area (Å²) in [6.07, 6.45) is 8.79. The van der Waals surface area contributed by atoms with Crippen LogP contribution in [-0.2, 0) is 4.74 Å². The lowest BCUT2D eigenvalue weighted by molar-refractivity contribution is 0.364. The van der Waals surface area contributed by atoms with Gasteiger partial charge in [0.15, 0.2) is 0 Å². The van der Waals surface area contributed by atoms with Crippen LogP contribution in [0.15, 0.2) is 70.8 Å². The summed E-state index contributed by atoms with van der Waals surface area (Å²) in [5.74, 6) is 0.644. The highest BCUT2D eigenvalue weighted by Gasteiger charge is 2.05. The molecule has 0 saturated carbocycles. The number of benzene rings is 1. The molecule has 0 radical (unpaired) electrons. The largest absolute Gasteiger partial charge is 0.465 e. The van der Waals surface area contributed by atoms with Crippen molar-refractivity contribution in [2.24, 2.45) is 4.99 Å². The third-order valence-corrected chi connectivity index (χ3v) is 3.14. The summed E-state index contributed by atoms with van der Waals surface area (Å²) in [4.78, 5) is 5.75. The Kier molecular flexibility index (Phi) is 4.94. The van der Waals surface area contributed by atoms with E-state index in [0.29, 0.717) is 11.3 Å². The molecule has 110 valence electrons. The molecule has 0 fully saturated rings. The third-order valence-electron chi connectivity index (χ3n) is 3.14. The lowest BCUT2D eigenvalue weighted by Crippen LogP contribution is -2.07. The van der Waals surface area contributed by atoms with Gasteiger partial charge in [-0.25, -0.2) is 0 Å². The average molecular weight is 291 g/mol. The maximum Gasteiger partial charge on any atom is 0.147 e. The van der Waals surface area contributed by atoms with Crippen LogP contribution in [0.2, 0.25) is 0 Å². The van der Waals surface area contributed by atoms with Crippen LogP contribution in [0.1, 0.15) is 5.56 Å². The van der Waals surface area contributed by atoms with Crippen molar-refractivity contribution in [1.82, 2.24) is 0 Å². The predicted molar refractivity (Wildman–Crippen MR) is 90.3 cm³/mol. The second kappa shape index (κ2) is 7.09. The molecule has 22 heavy (non-hydrogen) atoms. The lowest BCUT2D eigenvalue weighted by atomic mass is 10.1. The SMILES string of the molecule is C=N/C(C#N)=C1\C=COC(/C=C/c2ccc(N(C)C)cc2)=C1. The van der Waals surface area contributed by atoms with Gasteiger partial charge in [-0.1, -0.05) is 18.2 Å². The molecule has 1 aliphatic heterocycles. The van der Waals surface area contributed by atoms with Gasteiger partial charge in [-0.3, -0.25) is 4.99 Å². The first-order valence-corrected chi connectivity index (χ1v) is 6.75. The number of hydrogen-bond acceptors (Lipinski definition) is 4. The molecular weight excluding hydrogens is 274 g/mol. The van der Waals surface area contributed by atoms with Gasteiger partial charge >= 0.3 is 0 Å². The second-order valence-electron chi connectivity index (χ2n) is 4.86. The van der Waals surface area contributed by atoms with Crippen LogP contribution in [-0.4, -0.2) is 20.8 Å². The van der Waals surface area contributed by atoms with E-state index in [1.165, 1.54) is 6.26 Å². The molecule has 4 nitrogen and oxygen atoms in total. The van der Waals surface area contributed by atoms with Crippen molar-refractivity contribution in [2.75, 3.05) is 19.0 Å². The van der Waals surface area contributed by atoms with Crippen LogP contribution in [0.4, 0.5) is 5.69 Å². The first kappa shape index (κ1) is 15.3. The molecule has 0 aromatic heterocycles. The van der Waals surface area contributed by atoms with Crippen molar-refractivity contribution in [3.63, 3.8) is 0 Å². The van der Waals surface area contributed by atoms with E-state index in [-0.39, 0.29) is 5.70 Å². The van der Waals surface area contributed by atoms with E-state index in [2.05, 4.69) is 23.8 Å². The van der Waals surface area contributed by atoms with Crippen molar-refractivity contribution in [3.8, 4) is 6.07 Å². The van der Waals surface area contributed by atoms with Crippen molar-refractivity contribution >= 4 is 18.5 Å². The lowest BCUT2D eigenvalue weighted by Gasteiger charge is -2.12. The number of ether oxygens (including phenoxy) is 1. The quantitative estimate of drug-likeness (QED) is 0.628. The van der Waals surface area contributed by atoms with E-state index in [1.54, 1.807) is 12.2 Å². The van der Waals surface area contributed by atoms with E-state index in [9.17, 15) is 0 Å². The fourth-order valence-corrected chi connectivity index (χ4v) is 1.91.